The fourth-order valence-electron chi connectivity index (χ4n) is 4.62. The third-order valence-corrected chi connectivity index (χ3v) is 6.28. The van der Waals surface area contributed by atoms with Crippen LogP contribution in [0.3, 0.4) is 0 Å². The van der Waals surface area contributed by atoms with E-state index in [0.29, 0.717) is 17.2 Å². The fourth-order valence-corrected chi connectivity index (χ4v) is 4.62. The monoisotopic (exact) mass is 438 g/mol. The first kappa shape index (κ1) is 20.6. The van der Waals surface area contributed by atoms with Crippen LogP contribution in [-0.2, 0) is 0 Å². The number of hydrogen-bond acceptors (Lipinski definition) is 6. The molecule has 3 N–H and O–H groups in total. The Balaban J connectivity index is 1.27. The van der Waals surface area contributed by atoms with Gasteiger partial charge in [-0.25, -0.2) is 24.1 Å². The molecule has 5 rings (SSSR count). The third kappa shape index (κ3) is 4.35. The molecule has 0 radical (unpaired) electrons. The number of amides is 2. The molecule has 168 valence electrons. The summed E-state index contributed by atoms with van der Waals surface area (Å²) in [6.07, 6.45) is 9.68. The van der Waals surface area contributed by atoms with Gasteiger partial charge in [0.25, 0.3) is 0 Å². The number of hydrogen-bond donors (Lipinski definition) is 3. The van der Waals surface area contributed by atoms with E-state index < -0.39 is 5.82 Å². The van der Waals surface area contributed by atoms with Gasteiger partial charge in [-0.05, 0) is 57.1 Å². The van der Waals surface area contributed by atoms with Gasteiger partial charge in [-0.1, -0.05) is 0 Å². The number of piperidine rings is 1. The molecule has 32 heavy (non-hydrogen) atoms. The number of pyridine rings is 1. The van der Waals surface area contributed by atoms with Crippen molar-refractivity contribution in [1.82, 2.24) is 35.4 Å². The number of rotatable bonds is 4. The zero-order valence-corrected chi connectivity index (χ0v) is 17.9. The minimum absolute atomic E-state index is 0.0191. The Labute approximate surface area is 185 Å². The molecule has 2 amide bonds. The number of nitrogens with one attached hydrogen (secondary N) is 3. The molecule has 0 spiro atoms. The number of carbonyl (C=O) groups is 1. The Morgan fingerprint density at radius 2 is 1.97 bits per heavy atom. The second-order valence-electron chi connectivity index (χ2n) is 8.57. The Hall–Kier alpha value is -3.30. The van der Waals surface area contributed by atoms with Crippen LogP contribution in [0, 0.1) is 5.82 Å². The first-order valence-electron chi connectivity index (χ1n) is 11.3. The molecule has 0 bridgehead atoms. The van der Waals surface area contributed by atoms with E-state index in [4.69, 9.17) is 0 Å². The van der Waals surface area contributed by atoms with Gasteiger partial charge in [-0.2, -0.15) is 5.10 Å². The first-order valence-corrected chi connectivity index (χ1v) is 11.3. The lowest BCUT2D eigenvalue weighted by Gasteiger charge is -2.33. The molecule has 1 saturated heterocycles. The second-order valence-corrected chi connectivity index (χ2v) is 8.57. The summed E-state index contributed by atoms with van der Waals surface area (Å²) in [5, 5.41) is 14.3. The number of urea groups is 1. The predicted octanol–water partition coefficient (Wildman–Crippen LogP) is 3.47. The normalized spacial score (nSPS) is 21.5. The number of H-pyrrole nitrogens is 1. The van der Waals surface area contributed by atoms with E-state index in [1.54, 1.807) is 6.20 Å². The summed E-state index contributed by atoms with van der Waals surface area (Å²) in [7, 11) is 0. The molecule has 1 aliphatic carbocycles. The van der Waals surface area contributed by atoms with Crippen LogP contribution in [0.15, 0.2) is 24.5 Å². The lowest BCUT2D eigenvalue weighted by Crippen LogP contribution is -2.49. The van der Waals surface area contributed by atoms with Gasteiger partial charge < -0.3 is 15.5 Å². The molecular weight excluding hydrogens is 411 g/mol. The van der Waals surface area contributed by atoms with Crippen molar-refractivity contribution in [2.75, 3.05) is 18.4 Å². The SMILES string of the molecule is O=C(NC1CCCC(Nc2nc(-c3[nH]nc4ncccc34)ncc2F)C1)N1CCCCC1. The smallest absolute Gasteiger partial charge is 0.317 e. The Morgan fingerprint density at radius 1 is 1.12 bits per heavy atom. The van der Waals surface area contributed by atoms with Gasteiger partial charge in [0.15, 0.2) is 23.1 Å². The third-order valence-electron chi connectivity index (χ3n) is 6.28. The van der Waals surface area contributed by atoms with E-state index in [2.05, 4.69) is 35.8 Å². The average Bonchev–Trinajstić information content (AvgIpc) is 3.26. The van der Waals surface area contributed by atoms with Gasteiger partial charge in [0.2, 0.25) is 0 Å². The number of aromatic amines is 1. The number of anilines is 1. The summed E-state index contributed by atoms with van der Waals surface area (Å²) in [6.45, 7) is 1.65. The van der Waals surface area contributed by atoms with E-state index in [1.165, 1.54) is 12.6 Å². The first-order chi connectivity index (χ1) is 15.7. The van der Waals surface area contributed by atoms with Gasteiger partial charge in [-0.15, -0.1) is 0 Å². The van der Waals surface area contributed by atoms with Crippen molar-refractivity contribution in [3.63, 3.8) is 0 Å². The highest BCUT2D eigenvalue weighted by molar-refractivity contribution is 5.88. The molecule has 3 aromatic heterocycles. The number of nitrogens with zero attached hydrogens (tertiary/aromatic N) is 5. The van der Waals surface area contributed by atoms with Crippen LogP contribution in [0.1, 0.15) is 44.9 Å². The summed E-state index contributed by atoms with van der Waals surface area (Å²) >= 11 is 0. The minimum atomic E-state index is -0.504. The van der Waals surface area contributed by atoms with Crippen molar-refractivity contribution < 1.29 is 9.18 Å². The highest BCUT2D eigenvalue weighted by Gasteiger charge is 2.26. The zero-order chi connectivity index (χ0) is 21.9. The molecule has 2 atom stereocenters. The Bertz CT molecular complexity index is 1100. The fraction of sp³-hybridized carbons (Fsp3) is 0.500. The summed E-state index contributed by atoms with van der Waals surface area (Å²) < 4.78 is 14.5. The van der Waals surface area contributed by atoms with E-state index in [0.717, 1.165) is 57.0 Å². The van der Waals surface area contributed by atoms with Crippen LogP contribution >= 0.6 is 0 Å². The molecular formula is C22H27FN8O. The van der Waals surface area contributed by atoms with Gasteiger partial charge >= 0.3 is 6.03 Å². The number of carbonyl (C=O) groups excluding carboxylic acids is 1. The van der Waals surface area contributed by atoms with Crippen LogP contribution in [0.4, 0.5) is 15.0 Å². The molecule has 9 nitrogen and oxygen atoms in total. The lowest BCUT2D eigenvalue weighted by atomic mass is 9.91. The number of aromatic nitrogens is 5. The van der Waals surface area contributed by atoms with Crippen molar-refractivity contribution in [2.24, 2.45) is 0 Å². The van der Waals surface area contributed by atoms with Gasteiger partial charge in [-0.3, -0.25) is 5.10 Å². The van der Waals surface area contributed by atoms with Crippen LogP contribution < -0.4 is 10.6 Å². The van der Waals surface area contributed by atoms with Gasteiger partial charge in [0, 0.05) is 36.8 Å². The Morgan fingerprint density at radius 3 is 2.84 bits per heavy atom. The topological polar surface area (TPSA) is 112 Å². The van der Waals surface area contributed by atoms with Crippen LogP contribution in [0.25, 0.3) is 22.6 Å². The average molecular weight is 439 g/mol. The maximum absolute atomic E-state index is 14.5. The van der Waals surface area contributed by atoms with E-state index in [-0.39, 0.29) is 23.9 Å². The summed E-state index contributed by atoms with van der Waals surface area (Å²) in [5.74, 6) is 0.0139. The number of likely N-dealkylation sites (tertiary alicyclic amines) is 1. The maximum atomic E-state index is 14.5. The minimum Gasteiger partial charge on any atom is -0.365 e. The molecule has 1 saturated carbocycles. The number of halogens is 1. The lowest BCUT2D eigenvalue weighted by molar-refractivity contribution is 0.178. The highest BCUT2D eigenvalue weighted by atomic mass is 19.1. The van der Waals surface area contributed by atoms with Crippen LogP contribution in [0.2, 0.25) is 0 Å². The van der Waals surface area contributed by atoms with E-state index in [9.17, 15) is 9.18 Å². The molecule has 10 heteroatoms. The summed E-state index contributed by atoms with van der Waals surface area (Å²) in [4.78, 5) is 27.2. The van der Waals surface area contributed by atoms with Gasteiger partial charge in [0.05, 0.1) is 6.20 Å². The van der Waals surface area contributed by atoms with Crippen LogP contribution in [0.5, 0.6) is 0 Å². The molecule has 2 unspecified atom stereocenters. The van der Waals surface area contributed by atoms with Gasteiger partial charge in [0.1, 0.15) is 5.69 Å². The largest absolute Gasteiger partial charge is 0.365 e. The van der Waals surface area contributed by atoms with Crippen molar-refractivity contribution >= 4 is 22.9 Å². The number of fused-ring (bicyclic) bond motifs is 1. The van der Waals surface area contributed by atoms with Crippen molar-refractivity contribution in [3.8, 4) is 11.5 Å². The molecule has 0 aromatic carbocycles. The highest BCUT2D eigenvalue weighted by Crippen LogP contribution is 2.26. The summed E-state index contributed by atoms with van der Waals surface area (Å²) in [6, 6.07) is 3.79. The van der Waals surface area contributed by atoms with Crippen molar-refractivity contribution in [1.29, 1.82) is 0 Å². The maximum Gasteiger partial charge on any atom is 0.317 e. The molecule has 2 aliphatic rings. The van der Waals surface area contributed by atoms with Crippen molar-refractivity contribution in [3.05, 3.63) is 30.3 Å². The standard InChI is InChI=1S/C22H27FN8O/c23-17-13-25-21(18-16-8-5-9-24-19(16)30-29-18)28-20(17)26-14-6-4-7-15(12-14)27-22(32)31-10-2-1-3-11-31/h5,8-9,13-15H,1-4,6-7,10-12H2,(H,27,32)(H,24,29,30)(H,25,26,28). The zero-order valence-electron chi connectivity index (χ0n) is 17.9. The van der Waals surface area contributed by atoms with Crippen molar-refractivity contribution in [2.45, 2.75) is 57.0 Å². The molecule has 3 aromatic rings. The quantitative estimate of drug-likeness (QED) is 0.575. The Kier molecular flexibility index (Phi) is 5.83. The summed E-state index contributed by atoms with van der Waals surface area (Å²) in [5.41, 5.74) is 1.16. The van der Waals surface area contributed by atoms with E-state index >= 15 is 0 Å². The molecule has 2 fully saturated rings. The predicted molar refractivity (Wildman–Crippen MR) is 118 cm³/mol. The molecule has 4 heterocycles. The van der Waals surface area contributed by atoms with Crippen LogP contribution in [-0.4, -0.2) is 61.3 Å². The second kappa shape index (κ2) is 9.05. The van der Waals surface area contributed by atoms with E-state index in [1.807, 2.05) is 17.0 Å². The molecule has 1 aliphatic heterocycles.